The van der Waals surface area contributed by atoms with E-state index in [-0.39, 0.29) is 11.1 Å². The molecule has 0 aliphatic rings. The number of hydrogen-bond donors (Lipinski definition) is 1. The summed E-state index contributed by atoms with van der Waals surface area (Å²) >= 11 is 0. The molecule has 0 spiro atoms. The highest BCUT2D eigenvalue weighted by molar-refractivity contribution is 5.34. The molecule has 1 unspecified atom stereocenters. The molecule has 5 heteroatoms. The lowest BCUT2D eigenvalue weighted by atomic mass is 9.97. The molecule has 0 aliphatic carbocycles. The van der Waals surface area contributed by atoms with Gasteiger partial charge in [0.25, 0.3) is 0 Å². The van der Waals surface area contributed by atoms with Gasteiger partial charge in [-0.05, 0) is 25.2 Å². The van der Waals surface area contributed by atoms with E-state index in [1.165, 1.54) is 25.2 Å². The Hall–Kier alpha value is -1.88. The number of rotatable bonds is 3. The molecule has 2 rings (SSSR count). The molecule has 0 amide bonds. The molecule has 0 radical (unpaired) electrons. The van der Waals surface area contributed by atoms with E-state index in [4.69, 9.17) is 0 Å². The van der Waals surface area contributed by atoms with Gasteiger partial charge in [-0.25, -0.2) is 17.6 Å². The molecule has 0 fully saturated rings. The quantitative estimate of drug-likeness (QED) is 0.840. The summed E-state index contributed by atoms with van der Waals surface area (Å²) in [4.78, 5) is 0. The summed E-state index contributed by atoms with van der Waals surface area (Å²) < 4.78 is 54.3. The Balaban J connectivity index is 2.60. The van der Waals surface area contributed by atoms with Crippen molar-refractivity contribution >= 4 is 0 Å². The van der Waals surface area contributed by atoms with Gasteiger partial charge in [0.05, 0.1) is 6.04 Å². The van der Waals surface area contributed by atoms with Crippen LogP contribution in [0.2, 0.25) is 0 Å². The fourth-order valence-electron chi connectivity index (χ4n) is 1.99. The molecule has 0 saturated heterocycles. The van der Waals surface area contributed by atoms with E-state index in [9.17, 15) is 17.6 Å². The van der Waals surface area contributed by atoms with Crippen molar-refractivity contribution in [3.63, 3.8) is 0 Å². The third kappa shape index (κ3) is 2.46. The number of hydrogen-bond acceptors (Lipinski definition) is 1. The lowest BCUT2D eigenvalue weighted by molar-refractivity contribution is 0.473. The molecular weight excluding hydrogens is 258 g/mol. The maximum absolute atomic E-state index is 13.7. The highest BCUT2D eigenvalue weighted by Gasteiger charge is 2.24. The lowest BCUT2D eigenvalue weighted by Crippen LogP contribution is -2.22. The first-order valence-corrected chi connectivity index (χ1v) is 5.61. The Morgan fingerprint density at radius 1 is 0.842 bits per heavy atom. The summed E-state index contributed by atoms with van der Waals surface area (Å²) in [6.45, 7) is 0. The van der Waals surface area contributed by atoms with Gasteiger partial charge in [-0.15, -0.1) is 0 Å². The van der Waals surface area contributed by atoms with Crippen LogP contribution in [0.4, 0.5) is 17.6 Å². The van der Waals surface area contributed by atoms with Crippen molar-refractivity contribution in [2.45, 2.75) is 6.04 Å². The van der Waals surface area contributed by atoms with Crippen molar-refractivity contribution < 1.29 is 17.6 Å². The van der Waals surface area contributed by atoms with E-state index in [2.05, 4.69) is 5.32 Å². The molecule has 0 heterocycles. The van der Waals surface area contributed by atoms with Gasteiger partial charge in [-0.3, -0.25) is 0 Å². The van der Waals surface area contributed by atoms with Gasteiger partial charge < -0.3 is 5.32 Å². The van der Waals surface area contributed by atoms with Gasteiger partial charge >= 0.3 is 0 Å². The highest BCUT2D eigenvalue weighted by atomic mass is 19.2. The molecule has 1 N–H and O–H groups in total. The first-order chi connectivity index (χ1) is 9.06. The van der Waals surface area contributed by atoms with Crippen LogP contribution in [0.1, 0.15) is 17.2 Å². The lowest BCUT2D eigenvalue weighted by Gasteiger charge is -2.19. The summed E-state index contributed by atoms with van der Waals surface area (Å²) in [5.74, 6) is -3.81. The maximum atomic E-state index is 13.7. The first-order valence-electron chi connectivity index (χ1n) is 5.61. The monoisotopic (exact) mass is 269 g/mol. The molecule has 0 saturated carbocycles. The molecule has 2 aromatic rings. The Labute approximate surface area is 107 Å². The normalized spacial score (nSPS) is 12.5. The van der Waals surface area contributed by atoms with Gasteiger partial charge in [-0.1, -0.05) is 18.2 Å². The topological polar surface area (TPSA) is 12.0 Å². The van der Waals surface area contributed by atoms with E-state index in [0.29, 0.717) is 0 Å². The zero-order valence-electron chi connectivity index (χ0n) is 10.1. The van der Waals surface area contributed by atoms with Crippen LogP contribution in [-0.2, 0) is 0 Å². The second-order valence-corrected chi connectivity index (χ2v) is 4.00. The Kier molecular flexibility index (Phi) is 3.85. The molecule has 100 valence electrons. The van der Waals surface area contributed by atoms with Crippen LogP contribution < -0.4 is 5.32 Å². The van der Waals surface area contributed by atoms with E-state index in [0.717, 1.165) is 18.2 Å². The average Bonchev–Trinajstić information content (AvgIpc) is 2.38. The van der Waals surface area contributed by atoms with Gasteiger partial charge in [0, 0.05) is 11.1 Å². The molecule has 1 nitrogen and oxygen atoms in total. The fraction of sp³-hybridized carbons (Fsp3) is 0.143. The molecule has 0 aromatic heterocycles. The van der Waals surface area contributed by atoms with Crippen molar-refractivity contribution in [1.29, 1.82) is 0 Å². The van der Waals surface area contributed by atoms with E-state index < -0.39 is 29.3 Å². The molecule has 2 aromatic carbocycles. The zero-order chi connectivity index (χ0) is 14.0. The van der Waals surface area contributed by atoms with Gasteiger partial charge in [0.2, 0.25) is 0 Å². The second kappa shape index (κ2) is 5.40. The van der Waals surface area contributed by atoms with E-state index >= 15 is 0 Å². The van der Waals surface area contributed by atoms with Gasteiger partial charge in [0.1, 0.15) is 11.6 Å². The summed E-state index contributed by atoms with van der Waals surface area (Å²) in [5.41, 5.74) is -0.485. The van der Waals surface area contributed by atoms with Crippen LogP contribution >= 0.6 is 0 Å². The smallest absolute Gasteiger partial charge is 0.163 e. The van der Waals surface area contributed by atoms with Gasteiger partial charge in [0.15, 0.2) is 11.6 Å². The number of halogens is 4. The predicted octanol–water partition coefficient (Wildman–Crippen LogP) is 3.55. The van der Waals surface area contributed by atoms with Crippen molar-refractivity contribution in [3.8, 4) is 0 Å². The van der Waals surface area contributed by atoms with Crippen LogP contribution in [0, 0.1) is 23.3 Å². The van der Waals surface area contributed by atoms with Gasteiger partial charge in [-0.2, -0.15) is 0 Å². The first kappa shape index (κ1) is 13.5. The minimum atomic E-state index is -1.12. The minimum Gasteiger partial charge on any atom is -0.309 e. The van der Waals surface area contributed by atoms with Crippen molar-refractivity contribution in [2.24, 2.45) is 0 Å². The Bertz CT molecular complexity index is 578. The molecule has 0 aliphatic heterocycles. The third-order valence-electron chi connectivity index (χ3n) is 2.87. The minimum absolute atomic E-state index is 0.147. The SMILES string of the molecule is CNC(c1cccc(F)c1F)c1c(F)cccc1F. The average molecular weight is 269 g/mol. The molecular formula is C14H11F4N. The van der Waals surface area contributed by atoms with Crippen LogP contribution in [0.15, 0.2) is 36.4 Å². The van der Waals surface area contributed by atoms with Crippen LogP contribution in [0.25, 0.3) is 0 Å². The van der Waals surface area contributed by atoms with Crippen LogP contribution in [0.3, 0.4) is 0 Å². The maximum Gasteiger partial charge on any atom is 0.163 e. The predicted molar refractivity (Wildman–Crippen MR) is 63.6 cm³/mol. The Morgan fingerprint density at radius 3 is 1.95 bits per heavy atom. The summed E-state index contributed by atoms with van der Waals surface area (Å²) in [5, 5.41) is 2.60. The van der Waals surface area contributed by atoms with Crippen LogP contribution in [-0.4, -0.2) is 7.05 Å². The van der Waals surface area contributed by atoms with Crippen molar-refractivity contribution in [2.75, 3.05) is 7.05 Å². The second-order valence-electron chi connectivity index (χ2n) is 4.00. The Morgan fingerprint density at radius 2 is 1.37 bits per heavy atom. The molecule has 19 heavy (non-hydrogen) atoms. The van der Waals surface area contributed by atoms with Crippen LogP contribution in [0.5, 0.6) is 0 Å². The van der Waals surface area contributed by atoms with E-state index in [1.807, 2.05) is 0 Å². The summed E-state index contributed by atoms with van der Waals surface area (Å²) in [6, 6.07) is 5.77. The number of benzene rings is 2. The fourth-order valence-corrected chi connectivity index (χ4v) is 1.99. The molecule has 0 bridgehead atoms. The summed E-state index contributed by atoms with van der Waals surface area (Å²) in [7, 11) is 1.42. The van der Waals surface area contributed by atoms with Crippen molar-refractivity contribution in [3.05, 3.63) is 70.8 Å². The highest BCUT2D eigenvalue weighted by Crippen LogP contribution is 2.29. The van der Waals surface area contributed by atoms with Crippen molar-refractivity contribution in [1.82, 2.24) is 5.32 Å². The largest absolute Gasteiger partial charge is 0.309 e. The third-order valence-corrected chi connectivity index (χ3v) is 2.87. The zero-order valence-corrected chi connectivity index (χ0v) is 10.1. The number of nitrogens with one attached hydrogen (secondary N) is 1. The molecule has 1 atom stereocenters. The van der Waals surface area contributed by atoms with E-state index in [1.54, 1.807) is 0 Å². The standard InChI is InChI=1S/C14H11F4N/c1-19-14(8-4-2-7-11(17)13(8)18)12-9(15)5-3-6-10(12)16/h2-7,14,19H,1H3. The summed E-state index contributed by atoms with van der Waals surface area (Å²) in [6.07, 6.45) is 0.